The first-order chi connectivity index (χ1) is 12.6. The fourth-order valence-electron chi connectivity index (χ4n) is 3.93. The molecule has 2 aliphatic rings. The minimum absolute atomic E-state index is 0.187. The normalized spacial score (nSPS) is 26.4. The number of rotatable bonds is 4. The number of fused-ring (bicyclic) bond motifs is 3. The van der Waals surface area contributed by atoms with Gasteiger partial charge in [-0.2, -0.15) is 0 Å². The number of β-lactam (4-membered cyclic amide) rings is 1. The van der Waals surface area contributed by atoms with Crippen LogP contribution in [-0.4, -0.2) is 42.3 Å². The van der Waals surface area contributed by atoms with Crippen LogP contribution in [0.15, 0.2) is 54.6 Å². The molecule has 1 fully saturated rings. The standard InChI is InChI=1S/C20H19NO4S/c1-24-19(23)16-12-13-8-6-7-11-15(13)20(26-2)17(18(22)21(16)20)25-14-9-4-3-5-10-14/h3-11,16-17H,12H2,1-2H3. The Balaban J connectivity index is 1.81. The molecule has 1 amide bonds. The molecule has 0 radical (unpaired) electrons. The minimum atomic E-state index is -0.735. The molecule has 2 aromatic rings. The van der Waals surface area contributed by atoms with Crippen LogP contribution < -0.4 is 4.74 Å². The fourth-order valence-corrected chi connectivity index (χ4v) is 5.12. The number of carbonyl (C=O) groups is 2. The van der Waals surface area contributed by atoms with E-state index in [0.29, 0.717) is 12.2 Å². The van der Waals surface area contributed by atoms with Gasteiger partial charge in [-0.1, -0.05) is 42.5 Å². The van der Waals surface area contributed by atoms with Crippen molar-refractivity contribution in [2.24, 2.45) is 0 Å². The zero-order valence-corrected chi connectivity index (χ0v) is 15.4. The molecule has 3 unspecified atom stereocenters. The van der Waals surface area contributed by atoms with E-state index in [4.69, 9.17) is 9.47 Å². The fraction of sp³-hybridized carbons (Fsp3) is 0.300. The average molecular weight is 369 g/mol. The maximum Gasteiger partial charge on any atom is 0.328 e. The zero-order chi connectivity index (χ0) is 18.3. The number of ether oxygens (including phenoxy) is 2. The van der Waals surface area contributed by atoms with E-state index in [1.54, 1.807) is 4.90 Å². The first-order valence-corrected chi connectivity index (χ1v) is 9.62. The molecule has 3 atom stereocenters. The van der Waals surface area contributed by atoms with Crippen LogP contribution in [0.2, 0.25) is 0 Å². The van der Waals surface area contributed by atoms with Gasteiger partial charge >= 0.3 is 5.97 Å². The van der Waals surface area contributed by atoms with Crippen molar-refractivity contribution in [1.29, 1.82) is 0 Å². The molecule has 2 aliphatic heterocycles. The third kappa shape index (κ3) is 2.25. The van der Waals surface area contributed by atoms with Gasteiger partial charge in [-0.25, -0.2) is 4.79 Å². The van der Waals surface area contributed by atoms with Crippen molar-refractivity contribution in [3.63, 3.8) is 0 Å². The average Bonchev–Trinajstić information content (AvgIpc) is 2.70. The molecular weight excluding hydrogens is 350 g/mol. The highest BCUT2D eigenvalue weighted by atomic mass is 32.2. The predicted octanol–water partition coefficient (Wildman–Crippen LogP) is 2.59. The molecule has 4 rings (SSSR count). The van der Waals surface area contributed by atoms with Gasteiger partial charge in [0.25, 0.3) is 5.91 Å². The largest absolute Gasteiger partial charge is 0.477 e. The van der Waals surface area contributed by atoms with Crippen molar-refractivity contribution in [2.75, 3.05) is 13.4 Å². The van der Waals surface area contributed by atoms with Crippen molar-refractivity contribution in [2.45, 2.75) is 23.4 Å². The molecule has 0 saturated carbocycles. The third-order valence-corrected chi connectivity index (χ3v) is 6.34. The molecule has 6 heteroatoms. The number of amides is 1. The lowest BCUT2D eigenvalue weighted by molar-refractivity contribution is -0.184. The van der Waals surface area contributed by atoms with Crippen molar-refractivity contribution in [3.8, 4) is 5.75 Å². The van der Waals surface area contributed by atoms with Gasteiger partial charge in [0.15, 0.2) is 4.87 Å². The number of nitrogens with zero attached hydrogens (tertiary/aromatic N) is 1. The van der Waals surface area contributed by atoms with E-state index in [9.17, 15) is 9.59 Å². The van der Waals surface area contributed by atoms with Crippen LogP contribution in [0, 0.1) is 0 Å². The third-order valence-electron chi connectivity index (χ3n) is 5.08. The zero-order valence-electron chi connectivity index (χ0n) is 14.5. The number of para-hydroxylation sites is 1. The monoisotopic (exact) mass is 369 g/mol. The van der Waals surface area contributed by atoms with Gasteiger partial charge < -0.3 is 14.4 Å². The molecule has 2 heterocycles. The maximum atomic E-state index is 13.0. The minimum Gasteiger partial charge on any atom is -0.477 e. The van der Waals surface area contributed by atoms with Crippen LogP contribution in [0.5, 0.6) is 5.75 Å². The lowest BCUT2D eigenvalue weighted by atomic mass is 9.78. The highest BCUT2D eigenvalue weighted by Gasteiger charge is 2.68. The van der Waals surface area contributed by atoms with Gasteiger partial charge in [0.1, 0.15) is 11.8 Å². The molecule has 0 spiro atoms. The molecule has 0 aliphatic carbocycles. The summed E-state index contributed by atoms with van der Waals surface area (Å²) in [5.74, 6) is 0.0501. The van der Waals surface area contributed by atoms with E-state index in [1.807, 2.05) is 60.9 Å². The smallest absolute Gasteiger partial charge is 0.328 e. The first kappa shape index (κ1) is 17.0. The molecule has 5 nitrogen and oxygen atoms in total. The van der Waals surface area contributed by atoms with Gasteiger partial charge in [0.05, 0.1) is 7.11 Å². The van der Waals surface area contributed by atoms with Crippen LogP contribution in [0.3, 0.4) is 0 Å². The van der Waals surface area contributed by atoms with Gasteiger partial charge in [-0.3, -0.25) is 4.79 Å². The lowest BCUT2D eigenvalue weighted by Gasteiger charge is -2.60. The van der Waals surface area contributed by atoms with Crippen molar-refractivity contribution in [3.05, 3.63) is 65.7 Å². The molecule has 0 bridgehead atoms. The Morgan fingerprint density at radius 2 is 1.85 bits per heavy atom. The molecule has 1 saturated heterocycles. The summed E-state index contributed by atoms with van der Waals surface area (Å²) in [4.78, 5) is 26.3. The van der Waals surface area contributed by atoms with Crippen LogP contribution in [0.25, 0.3) is 0 Å². The number of thioether (sulfide) groups is 1. The summed E-state index contributed by atoms with van der Waals surface area (Å²) in [5.41, 5.74) is 2.07. The Hall–Kier alpha value is -2.47. The van der Waals surface area contributed by atoms with E-state index in [-0.39, 0.29) is 5.91 Å². The summed E-state index contributed by atoms with van der Waals surface area (Å²) in [6.45, 7) is 0. The predicted molar refractivity (Wildman–Crippen MR) is 98.8 cm³/mol. The van der Waals surface area contributed by atoms with Crippen LogP contribution in [-0.2, 0) is 25.6 Å². The first-order valence-electron chi connectivity index (χ1n) is 8.39. The summed E-state index contributed by atoms with van der Waals surface area (Å²) in [7, 11) is 1.35. The summed E-state index contributed by atoms with van der Waals surface area (Å²) < 4.78 is 11.0. The topological polar surface area (TPSA) is 55.8 Å². The summed E-state index contributed by atoms with van der Waals surface area (Å²) in [5, 5.41) is 0. The summed E-state index contributed by atoms with van der Waals surface area (Å²) >= 11 is 1.52. The van der Waals surface area contributed by atoms with Gasteiger partial charge in [-0.05, 0) is 29.5 Å². The van der Waals surface area contributed by atoms with Crippen LogP contribution >= 0.6 is 11.8 Å². The van der Waals surface area contributed by atoms with E-state index in [1.165, 1.54) is 18.9 Å². The number of hydrogen-bond donors (Lipinski definition) is 0. The highest BCUT2D eigenvalue weighted by Crippen LogP contribution is 2.55. The van der Waals surface area contributed by atoms with Crippen LogP contribution in [0.1, 0.15) is 11.1 Å². The Morgan fingerprint density at radius 3 is 2.54 bits per heavy atom. The molecule has 2 aromatic carbocycles. The van der Waals surface area contributed by atoms with E-state index < -0.39 is 23.0 Å². The second-order valence-corrected chi connectivity index (χ2v) is 7.35. The van der Waals surface area contributed by atoms with Crippen molar-refractivity contribution in [1.82, 2.24) is 4.90 Å². The van der Waals surface area contributed by atoms with Crippen molar-refractivity contribution < 1.29 is 19.1 Å². The summed E-state index contributed by atoms with van der Waals surface area (Å²) in [6.07, 6.45) is 1.71. The molecule has 26 heavy (non-hydrogen) atoms. The number of methoxy groups -OCH3 is 1. The Bertz CT molecular complexity index is 856. The molecule has 134 valence electrons. The van der Waals surface area contributed by atoms with Gasteiger partial charge in [0, 0.05) is 6.42 Å². The number of benzene rings is 2. The quantitative estimate of drug-likeness (QED) is 0.612. The maximum absolute atomic E-state index is 13.0. The lowest BCUT2D eigenvalue weighted by Crippen LogP contribution is -2.77. The number of hydrogen-bond acceptors (Lipinski definition) is 5. The Labute approximate surface area is 156 Å². The van der Waals surface area contributed by atoms with Gasteiger partial charge in [0.2, 0.25) is 6.10 Å². The van der Waals surface area contributed by atoms with E-state index >= 15 is 0 Å². The summed E-state index contributed by atoms with van der Waals surface area (Å²) in [6, 6.07) is 16.6. The Kier molecular flexibility index (Phi) is 4.15. The molecular formula is C20H19NO4S. The second-order valence-electron chi connectivity index (χ2n) is 6.32. The second kappa shape index (κ2) is 6.36. The van der Waals surface area contributed by atoms with E-state index in [0.717, 1.165) is 11.1 Å². The van der Waals surface area contributed by atoms with Gasteiger partial charge in [-0.15, -0.1) is 11.8 Å². The SMILES string of the molecule is COC(=O)C1Cc2ccccc2C2(SC)C(Oc3ccccc3)C(=O)N12. The van der Waals surface area contributed by atoms with Crippen LogP contribution in [0.4, 0.5) is 0 Å². The molecule has 0 N–H and O–H groups in total. The number of esters is 1. The Morgan fingerprint density at radius 1 is 1.15 bits per heavy atom. The number of carbonyl (C=O) groups excluding carboxylic acids is 2. The molecule has 0 aromatic heterocycles. The van der Waals surface area contributed by atoms with E-state index in [2.05, 4.69) is 0 Å². The van der Waals surface area contributed by atoms with Crippen molar-refractivity contribution >= 4 is 23.6 Å². The highest BCUT2D eigenvalue weighted by molar-refractivity contribution is 7.99.